The van der Waals surface area contributed by atoms with Crippen molar-refractivity contribution in [2.24, 2.45) is 11.1 Å². The highest BCUT2D eigenvalue weighted by atomic mass is 35.5. The van der Waals surface area contributed by atoms with E-state index in [1.165, 1.54) is 6.07 Å². The van der Waals surface area contributed by atoms with Crippen molar-refractivity contribution >= 4 is 24.1 Å². The van der Waals surface area contributed by atoms with Gasteiger partial charge in [-0.05, 0) is 37.3 Å². The molecule has 1 amide bonds. The van der Waals surface area contributed by atoms with Crippen LogP contribution in [0.1, 0.15) is 59.5 Å². The van der Waals surface area contributed by atoms with Crippen molar-refractivity contribution in [3.8, 4) is 0 Å². The summed E-state index contributed by atoms with van der Waals surface area (Å²) in [6.07, 6.45) is 2.62. The second-order valence-corrected chi connectivity index (χ2v) is 6.60. The van der Waals surface area contributed by atoms with Crippen molar-refractivity contribution in [3.63, 3.8) is 0 Å². The lowest BCUT2D eigenvalue weighted by atomic mass is 9.75. The van der Waals surface area contributed by atoms with E-state index in [-0.39, 0.29) is 29.2 Å². The molecular formula is C16H24ClN3O3. The number of hydrogen-bond donors (Lipinski definition) is 3. The highest BCUT2D eigenvalue weighted by Crippen LogP contribution is 2.33. The average molecular weight is 342 g/mol. The van der Waals surface area contributed by atoms with Gasteiger partial charge in [0.05, 0.1) is 0 Å². The summed E-state index contributed by atoms with van der Waals surface area (Å²) >= 11 is 0. The molecule has 0 saturated carbocycles. The Kier molecular flexibility index (Phi) is 6.53. The van der Waals surface area contributed by atoms with E-state index in [4.69, 9.17) is 5.73 Å². The predicted octanol–water partition coefficient (Wildman–Crippen LogP) is 1.42. The first kappa shape index (κ1) is 19.4. The van der Waals surface area contributed by atoms with E-state index >= 15 is 0 Å². The zero-order valence-corrected chi connectivity index (χ0v) is 14.3. The van der Waals surface area contributed by atoms with Gasteiger partial charge in [-0.25, -0.2) is 0 Å². The molecule has 1 aliphatic carbocycles. The van der Waals surface area contributed by atoms with E-state index < -0.39 is 11.5 Å². The molecule has 0 unspecified atom stereocenters. The number of aromatic nitrogens is 1. The summed E-state index contributed by atoms with van der Waals surface area (Å²) in [6, 6.07) is 1.43. The van der Waals surface area contributed by atoms with Crippen LogP contribution in [-0.4, -0.2) is 29.8 Å². The van der Waals surface area contributed by atoms with E-state index in [1.807, 2.05) is 13.8 Å². The summed E-state index contributed by atoms with van der Waals surface area (Å²) in [5, 5.41) is 2.69. The normalized spacial score (nSPS) is 15.5. The van der Waals surface area contributed by atoms with Crippen LogP contribution in [0.3, 0.4) is 0 Å². The molecule has 1 aliphatic rings. The summed E-state index contributed by atoms with van der Waals surface area (Å²) in [4.78, 5) is 39.1. The maximum Gasteiger partial charge on any atom is 0.261 e. The van der Waals surface area contributed by atoms with Crippen molar-refractivity contribution in [1.82, 2.24) is 10.3 Å². The highest BCUT2D eigenvalue weighted by Gasteiger charge is 2.32. The van der Waals surface area contributed by atoms with Gasteiger partial charge in [-0.15, -0.1) is 12.4 Å². The van der Waals surface area contributed by atoms with E-state index in [2.05, 4.69) is 10.3 Å². The molecule has 0 aliphatic heterocycles. The van der Waals surface area contributed by atoms with Crippen LogP contribution in [0.5, 0.6) is 0 Å². The van der Waals surface area contributed by atoms with Crippen LogP contribution in [0.25, 0.3) is 0 Å². The Morgan fingerprint density at radius 1 is 1.30 bits per heavy atom. The standard InChI is InChI=1S/C16H23N3O3.ClH/c1-16(2)8-12-10(13(20)9-16)7-11(15(22)19-12)14(21)18-6-4-3-5-17;/h7H,3-6,8-9,17H2,1-2H3,(H,18,21)(H,19,22);1H. The summed E-state index contributed by atoms with van der Waals surface area (Å²) in [5.74, 6) is -0.474. The van der Waals surface area contributed by atoms with Gasteiger partial charge in [-0.2, -0.15) is 0 Å². The van der Waals surface area contributed by atoms with Crippen molar-refractivity contribution in [3.05, 3.63) is 33.2 Å². The third-order valence-electron chi connectivity index (χ3n) is 3.88. The molecule has 0 spiro atoms. The van der Waals surface area contributed by atoms with Crippen LogP contribution in [0.4, 0.5) is 0 Å². The molecule has 6 nitrogen and oxygen atoms in total. The van der Waals surface area contributed by atoms with Crippen molar-refractivity contribution in [1.29, 1.82) is 0 Å². The molecule has 1 aromatic rings. The largest absolute Gasteiger partial charge is 0.352 e. The van der Waals surface area contributed by atoms with Gasteiger partial charge in [-0.1, -0.05) is 13.8 Å². The molecule has 0 atom stereocenters. The van der Waals surface area contributed by atoms with Gasteiger partial charge >= 0.3 is 0 Å². The highest BCUT2D eigenvalue weighted by molar-refractivity contribution is 6.02. The number of rotatable bonds is 5. The first-order chi connectivity index (χ1) is 10.3. The Bertz CT molecular complexity index is 652. The number of hydrogen-bond acceptors (Lipinski definition) is 4. The number of ketones is 1. The van der Waals surface area contributed by atoms with Crippen molar-refractivity contribution in [2.75, 3.05) is 13.1 Å². The lowest BCUT2D eigenvalue weighted by Crippen LogP contribution is -2.35. The van der Waals surface area contributed by atoms with Crippen LogP contribution in [0, 0.1) is 5.41 Å². The number of carbonyl (C=O) groups is 2. The molecule has 7 heteroatoms. The van der Waals surface area contributed by atoms with Crippen LogP contribution in [0.15, 0.2) is 10.9 Å². The fourth-order valence-electron chi connectivity index (χ4n) is 2.76. The Hall–Kier alpha value is -1.66. The summed E-state index contributed by atoms with van der Waals surface area (Å²) in [7, 11) is 0. The minimum Gasteiger partial charge on any atom is -0.352 e. The topological polar surface area (TPSA) is 105 Å². The van der Waals surface area contributed by atoms with Gasteiger partial charge in [0.2, 0.25) is 0 Å². The van der Waals surface area contributed by atoms with Gasteiger partial charge < -0.3 is 16.0 Å². The number of Topliss-reactive ketones (excluding diaryl/α,β-unsaturated/α-hetero) is 1. The van der Waals surface area contributed by atoms with Crippen molar-refractivity contribution in [2.45, 2.75) is 39.5 Å². The molecule has 128 valence electrons. The van der Waals surface area contributed by atoms with Crippen LogP contribution >= 0.6 is 12.4 Å². The second-order valence-electron chi connectivity index (χ2n) is 6.60. The Balaban J connectivity index is 0.00000264. The maximum absolute atomic E-state index is 12.2. The Morgan fingerprint density at radius 3 is 2.65 bits per heavy atom. The maximum atomic E-state index is 12.2. The Morgan fingerprint density at radius 2 is 2.00 bits per heavy atom. The molecule has 0 radical (unpaired) electrons. The molecule has 1 heterocycles. The van der Waals surface area contributed by atoms with Gasteiger partial charge in [0.1, 0.15) is 5.56 Å². The van der Waals surface area contributed by atoms with Gasteiger partial charge in [0.15, 0.2) is 5.78 Å². The summed E-state index contributed by atoms with van der Waals surface area (Å²) < 4.78 is 0. The molecule has 4 N–H and O–H groups in total. The lowest BCUT2D eigenvalue weighted by molar-refractivity contribution is 0.0910. The smallest absolute Gasteiger partial charge is 0.261 e. The van der Waals surface area contributed by atoms with Crippen LogP contribution in [-0.2, 0) is 6.42 Å². The first-order valence-electron chi connectivity index (χ1n) is 7.62. The van der Waals surface area contributed by atoms with E-state index in [9.17, 15) is 14.4 Å². The third kappa shape index (κ3) is 4.65. The number of halogens is 1. The van der Waals surface area contributed by atoms with Crippen LogP contribution in [0.2, 0.25) is 0 Å². The predicted molar refractivity (Wildman–Crippen MR) is 91.4 cm³/mol. The number of nitrogens with two attached hydrogens (primary N) is 1. The minimum absolute atomic E-state index is 0. The first-order valence-corrected chi connectivity index (χ1v) is 7.62. The van der Waals surface area contributed by atoms with Crippen LogP contribution < -0.4 is 16.6 Å². The van der Waals surface area contributed by atoms with E-state index in [0.717, 1.165) is 12.8 Å². The third-order valence-corrected chi connectivity index (χ3v) is 3.88. The second kappa shape index (κ2) is 7.75. The molecule has 2 rings (SSSR count). The zero-order valence-electron chi connectivity index (χ0n) is 13.5. The zero-order chi connectivity index (χ0) is 16.3. The number of unbranched alkanes of at least 4 members (excludes halogenated alkanes) is 1. The molecule has 23 heavy (non-hydrogen) atoms. The average Bonchev–Trinajstić information content (AvgIpc) is 2.41. The molecule has 0 aromatic carbocycles. The fourth-order valence-corrected chi connectivity index (χ4v) is 2.76. The molecular weight excluding hydrogens is 318 g/mol. The number of fused-ring (bicyclic) bond motifs is 1. The van der Waals surface area contributed by atoms with Gasteiger partial charge in [0.25, 0.3) is 11.5 Å². The van der Waals surface area contributed by atoms with E-state index in [1.54, 1.807) is 0 Å². The quantitative estimate of drug-likeness (QED) is 0.704. The van der Waals surface area contributed by atoms with Crippen molar-refractivity contribution < 1.29 is 9.59 Å². The van der Waals surface area contributed by atoms with Gasteiger partial charge in [-0.3, -0.25) is 14.4 Å². The molecule has 0 saturated heterocycles. The number of pyridine rings is 1. The molecule has 0 fully saturated rings. The van der Waals surface area contributed by atoms with Gasteiger partial charge in [0, 0.05) is 24.2 Å². The Labute approximate surface area is 141 Å². The number of nitrogens with one attached hydrogen (secondary N) is 2. The number of H-pyrrole nitrogens is 1. The molecule has 1 aromatic heterocycles. The summed E-state index contributed by atoms with van der Waals surface area (Å²) in [5.41, 5.74) is 5.87. The minimum atomic E-state index is -0.446. The SMILES string of the molecule is CC1(C)CC(=O)c2cc(C(=O)NCCCCN)c(=O)[nH]c2C1.Cl. The van der Waals surface area contributed by atoms with E-state index in [0.29, 0.717) is 37.2 Å². The number of amides is 1. The monoisotopic (exact) mass is 341 g/mol. The lowest BCUT2D eigenvalue weighted by Gasteiger charge is -2.29. The number of aromatic amines is 1. The molecule has 0 bridgehead atoms. The summed E-state index contributed by atoms with van der Waals surface area (Å²) in [6.45, 7) is 5.02. The fraction of sp³-hybridized carbons (Fsp3) is 0.562. The number of carbonyl (C=O) groups excluding carboxylic acids is 2.